The zero-order valence-electron chi connectivity index (χ0n) is 10.2. The van der Waals surface area contributed by atoms with E-state index in [2.05, 4.69) is 5.32 Å². The number of benzene rings is 1. The minimum absolute atomic E-state index is 0.261. The number of amides is 1. The second kappa shape index (κ2) is 6.34. The van der Waals surface area contributed by atoms with Gasteiger partial charge in [0.25, 0.3) is 11.7 Å². The SMILES string of the molecule is O=C(NCC1CC(O)C1)c1ccccc1SC(F)F. The van der Waals surface area contributed by atoms with E-state index in [0.717, 1.165) is 0 Å². The predicted octanol–water partition coefficient (Wildman–Crippen LogP) is 2.50. The van der Waals surface area contributed by atoms with Crippen molar-refractivity contribution in [3.63, 3.8) is 0 Å². The number of nitrogens with one attached hydrogen (secondary N) is 1. The zero-order chi connectivity index (χ0) is 13.8. The number of rotatable bonds is 5. The van der Waals surface area contributed by atoms with E-state index in [-0.39, 0.29) is 28.4 Å². The van der Waals surface area contributed by atoms with Crippen LogP contribution in [0.3, 0.4) is 0 Å². The third-order valence-corrected chi connectivity index (χ3v) is 3.90. The molecule has 1 aromatic carbocycles. The molecule has 1 aromatic rings. The summed E-state index contributed by atoms with van der Waals surface area (Å²) in [6.45, 7) is 0.476. The third kappa shape index (κ3) is 3.91. The Balaban J connectivity index is 1.94. The van der Waals surface area contributed by atoms with Crippen molar-refractivity contribution < 1.29 is 18.7 Å². The van der Waals surface area contributed by atoms with Crippen LogP contribution < -0.4 is 5.32 Å². The minimum atomic E-state index is -2.55. The lowest BCUT2D eigenvalue weighted by atomic mass is 9.82. The first kappa shape index (κ1) is 14.3. The van der Waals surface area contributed by atoms with Crippen LogP contribution in [0.4, 0.5) is 8.78 Å². The topological polar surface area (TPSA) is 49.3 Å². The summed E-state index contributed by atoms with van der Waals surface area (Å²) >= 11 is 0.374. The molecule has 1 aliphatic rings. The molecule has 2 rings (SSSR count). The molecule has 0 heterocycles. The lowest BCUT2D eigenvalue weighted by molar-refractivity contribution is 0.0420. The Hall–Kier alpha value is -1.14. The fourth-order valence-electron chi connectivity index (χ4n) is 2.05. The van der Waals surface area contributed by atoms with Crippen molar-refractivity contribution in [2.75, 3.05) is 6.54 Å². The second-order valence-corrected chi connectivity index (χ2v) is 5.61. The van der Waals surface area contributed by atoms with Crippen LogP contribution in [-0.2, 0) is 0 Å². The number of alkyl halides is 2. The first-order valence-electron chi connectivity index (χ1n) is 6.06. The summed E-state index contributed by atoms with van der Waals surface area (Å²) in [4.78, 5) is 12.2. The van der Waals surface area contributed by atoms with E-state index >= 15 is 0 Å². The Bertz CT molecular complexity index is 450. The number of aliphatic hydroxyl groups is 1. The summed E-state index contributed by atoms with van der Waals surface area (Å²) < 4.78 is 24.8. The van der Waals surface area contributed by atoms with Crippen molar-refractivity contribution in [1.29, 1.82) is 0 Å². The molecule has 1 aliphatic carbocycles. The number of carbonyl (C=O) groups excluding carboxylic acids is 1. The highest BCUT2D eigenvalue weighted by Gasteiger charge is 2.27. The van der Waals surface area contributed by atoms with Gasteiger partial charge in [0.05, 0.1) is 11.7 Å². The molecule has 0 aromatic heterocycles. The summed E-state index contributed by atoms with van der Waals surface area (Å²) in [6, 6.07) is 6.33. The Morgan fingerprint density at radius 1 is 1.42 bits per heavy atom. The second-order valence-electron chi connectivity index (χ2n) is 4.58. The number of aliphatic hydroxyl groups excluding tert-OH is 1. The molecule has 0 saturated heterocycles. The van der Waals surface area contributed by atoms with Gasteiger partial charge in [-0.15, -0.1) is 0 Å². The van der Waals surface area contributed by atoms with Crippen LogP contribution in [0, 0.1) is 5.92 Å². The van der Waals surface area contributed by atoms with Gasteiger partial charge in [0.2, 0.25) is 0 Å². The summed E-state index contributed by atoms with van der Waals surface area (Å²) in [5.74, 6) is -2.60. The molecule has 1 saturated carbocycles. The van der Waals surface area contributed by atoms with Crippen molar-refractivity contribution >= 4 is 17.7 Å². The van der Waals surface area contributed by atoms with Crippen LogP contribution in [0.15, 0.2) is 29.2 Å². The van der Waals surface area contributed by atoms with E-state index < -0.39 is 5.76 Å². The van der Waals surface area contributed by atoms with Gasteiger partial charge in [0.15, 0.2) is 0 Å². The largest absolute Gasteiger partial charge is 0.393 e. The molecular formula is C13H15F2NO2S. The summed E-state index contributed by atoms with van der Waals surface area (Å²) in [7, 11) is 0. The summed E-state index contributed by atoms with van der Waals surface area (Å²) in [5.41, 5.74) is 0.271. The van der Waals surface area contributed by atoms with Crippen molar-refractivity contribution in [2.45, 2.75) is 29.6 Å². The van der Waals surface area contributed by atoms with E-state index in [1.165, 1.54) is 12.1 Å². The zero-order valence-corrected chi connectivity index (χ0v) is 11.0. The molecule has 0 bridgehead atoms. The Morgan fingerprint density at radius 2 is 2.11 bits per heavy atom. The molecule has 0 atom stereocenters. The van der Waals surface area contributed by atoms with Crippen LogP contribution in [0.25, 0.3) is 0 Å². The number of carbonyl (C=O) groups is 1. The summed E-state index contributed by atoms with van der Waals surface area (Å²) in [5, 5.41) is 11.9. The van der Waals surface area contributed by atoms with Crippen molar-refractivity contribution in [3.8, 4) is 0 Å². The number of thioether (sulfide) groups is 1. The molecule has 3 nitrogen and oxygen atoms in total. The van der Waals surface area contributed by atoms with Gasteiger partial charge in [0.1, 0.15) is 0 Å². The maximum absolute atomic E-state index is 12.4. The number of hydrogen-bond acceptors (Lipinski definition) is 3. The molecule has 0 radical (unpaired) electrons. The Labute approximate surface area is 114 Å². The maximum atomic E-state index is 12.4. The average molecular weight is 287 g/mol. The lowest BCUT2D eigenvalue weighted by Crippen LogP contribution is -2.38. The average Bonchev–Trinajstić information content (AvgIpc) is 2.33. The van der Waals surface area contributed by atoms with Crippen molar-refractivity contribution in [2.24, 2.45) is 5.92 Å². The number of hydrogen-bond donors (Lipinski definition) is 2. The van der Waals surface area contributed by atoms with Crippen LogP contribution in [-0.4, -0.2) is 29.4 Å². The van der Waals surface area contributed by atoms with Crippen LogP contribution >= 0.6 is 11.8 Å². The molecule has 6 heteroatoms. The molecule has 0 spiro atoms. The van der Waals surface area contributed by atoms with E-state index in [0.29, 0.717) is 31.1 Å². The van der Waals surface area contributed by atoms with E-state index in [9.17, 15) is 13.6 Å². The van der Waals surface area contributed by atoms with Crippen molar-refractivity contribution in [1.82, 2.24) is 5.32 Å². The smallest absolute Gasteiger partial charge is 0.288 e. The molecule has 0 aliphatic heterocycles. The standard InChI is InChI=1S/C13H15F2NO2S/c14-13(15)19-11-4-2-1-3-10(11)12(18)16-7-8-5-9(17)6-8/h1-4,8-9,13,17H,5-7H2,(H,16,18). The summed E-state index contributed by atoms with van der Waals surface area (Å²) in [6.07, 6.45) is 1.12. The highest BCUT2D eigenvalue weighted by molar-refractivity contribution is 7.99. The van der Waals surface area contributed by atoms with Gasteiger partial charge in [-0.1, -0.05) is 23.9 Å². The van der Waals surface area contributed by atoms with Gasteiger partial charge in [-0.05, 0) is 30.9 Å². The van der Waals surface area contributed by atoms with Gasteiger partial charge < -0.3 is 10.4 Å². The molecule has 1 amide bonds. The molecular weight excluding hydrogens is 272 g/mol. The molecule has 0 unspecified atom stereocenters. The van der Waals surface area contributed by atoms with Gasteiger partial charge in [-0.3, -0.25) is 4.79 Å². The molecule has 19 heavy (non-hydrogen) atoms. The van der Waals surface area contributed by atoms with Crippen LogP contribution in [0.5, 0.6) is 0 Å². The molecule has 2 N–H and O–H groups in total. The predicted molar refractivity (Wildman–Crippen MR) is 69.4 cm³/mol. The fraction of sp³-hybridized carbons (Fsp3) is 0.462. The van der Waals surface area contributed by atoms with Gasteiger partial charge in [0, 0.05) is 11.4 Å². The van der Waals surface area contributed by atoms with Gasteiger partial charge in [-0.25, -0.2) is 0 Å². The van der Waals surface area contributed by atoms with E-state index in [1.54, 1.807) is 12.1 Å². The minimum Gasteiger partial charge on any atom is -0.393 e. The quantitative estimate of drug-likeness (QED) is 0.818. The van der Waals surface area contributed by atoms with Gasteiger partial charge in [-0.2, -0.15) is 8.78 Å². The van der Waals surface area contributed by atoms with E-state index in [1.807, 2.05) is 0 Å². The highest BCUT2D eigenvalue weighted by Crippen LogP contribution is 2.29. The third-order valence-electron chi connectivity index (χ3n) is 3.11. The van der Waals surface area contributed by atoms with E-state index in [4.69, 9.17) is 5.11 Å². The fourth-order valence-corrected chi connectivity index (χ4v) is 2.69. The molecule has 1 fully saturated rings. The highest BCUT2D eigenvalue weighted by atomic mass is 32.2. The lowest BCUT2D eigenvalue weighted by Gasteiger charge is -2.31. The van der Waals surface area contributed by atoms with Crippen LogP contribution in [0.2, 0.25) is 0 Å². The van der Waals surface area contributed by atoms with Gasteiger partial charge >= 0.3 is 0 Å². The Kier molecular flexibility index (Phi) is 4.76. The first-order valence-corrected chi connectivity index (χ1v) is 6.94. The van der Waals surface area contributed by atoms with Crippen LogP contribution in [0.1, 0.15) is 23.2 Å². The van der Waals surface area contributed by atoms with Crippen molar-refractivity contribution in [3.05, 3.63) is 29.8 Å². The molecule has 104 valence electrons. The first-order chi connectivity index (χ1) is 9.06. The number of halogens is 2. The Morgan fingerprint density at radius 3 is 2.74 bits per heavy atom. The maximum Gasteiger partial charge on any atom is 0.288 e. The monoisotopic (exact) mass is 287 g/mol. The normalized spacial score (nSPS) is 22.1.